The number of anilines is 1. The first-order valence-electron chi connectivity index (χ1n) is 10.6. The number of cyclic esters (lactones) is 1. The molecule has 4 rings (SSSR count). The fourth-order valence-electron chi connectivity index (χ4n) is 3.98. The van der Waals surface area contributed by atoms with Crippen LogP contribution in [0.2, 0.25) is 0 Å². The van der Waals surface area contributed by atoms with E-state index in [9.17, 15) is 27.5 Å². The summed E-state index contributed by atoms with van der Waals surface area (Å²) in [6.07, 6.45) is 3.48. The zero-order chi connectivity index (χ0) is 24.5. The molecule has 34 heavy (non-hydrogen) atoms. The Balaban J connectivity index is 1.41. The van der Waals surface area contributed by atoms with E-state index in [1.54, 1.807) is 29.1 Å². The van der Waals surface area contributed by atoms with Gasteiger partial charge in [-0.1, -0.05) is 11.3 Å². The summed E-state index contributed by atoms with van der Waals surface area (Å²) in [7, 11) is -3.50. The molecular weight excluding hydrogens is 469 g/mol. The van der Waals surface area contributed by atoms with Gasteiger partial charge in [-0.3, -0.25) is 9.69 Å². The highest BCUT2D eigenvalue weighted by Gasteiger charge is 2.33. The third kappa shape index (κ3) is 5.42. The lowest BCUT2D eigenvalue weighted by molar-refractivity contribution is -0.138. The number of aromatic nitrogens is 3. The van der Waals surface area contributed by atoms with E-state index in [-0.39, 0.29) is 19.6 Å². The predicted molar refractivity (Wildman–Crippen MR) is 119 cm³/mol. The lowest BCUT2D eigenvalue weighted by Crippen LogP contribution is -2.44. The van der Waals surface area contributed by atoms with Gasteiger partial charge in [0.1, 0.15) is 18.0 Å². The quantitative estimate of drug-likeness (QED) is 0.588. The summed E-state index contributed by atoms with van der Waals surface area (Å²) in [6.45, 7) is 0.921. The number of nitrogens with zero attached hydrogens (tertiary/aromatic N) is 5. The first kappa shape index (κ1) is 23.8. The number of aliphatic hydroxyl groups is 1. The van der Waals surface area contributed by atoms with E-state index in [0.29, 0.717) is 29.8 Å². The van der Waals surface area contributed by atoms with Crippen molar-refractivity contribution in [2.24, 2.45) is 0 Å². The second kappa shape index (κ2) is 9.50. The second-order valence-corrected chi connectivity index (χ2v) is 10.5. The van der Waals surface area contributed by atoms with Gasteiger partial charge in [0.25, 0.3) is 5.91 Å². The molecule has 3 heterocycles. The zero-order valence-corrected chi connectivity index (χ0v) is 19.2. The van der Waals surface area contributed by atoms with Crippen LogP contribution in [0, 0.1) is 5.82 Å². The van der Waals surface area contributed by atoms with Crippen LogP contribution in [-0.4, -0.2) is 89.3 Å². The van der Waals surface area contributed by atoms with Crippen molar-refractivity contribution in [2.75, 3.05) is 36.5 Å². The molecular formula is C21H24FN5O6S. The molecule has 13 heteroatoms. The molecule has 2 atom stereocenters. The Morgan fingerprint density at radius 3 is 2.79 bits per heavy atom. The van der Waals surface area contributed by atoms with E-state index in [1.807, 2.05) is 0 Å². The lowest BCUT2D eigenvalue weighted by atomic mass is 9.98. The number of carbonyl (C=O) groups is 2. The van der Waals surface area contributed by atoms with Crippen LogP contribution in [0.4, 0.5) is 14.9 Å². The van der Waals surface area contributed by atoms with Crippen LogP contribution < -0.4 is 4.90 Å². The number of rotatable bonds is 7. The molecule has 0 radical (unpaired) electrons. The van der Waals surface area contributed by atoms with Gasteiger partial charge >= 0.3 is 6.09 Å². The maximum absolute atomic E-state index is 15.0. The van der Waals surface area contributed by atoms with Gasteiger partial charge in [-0.25, -0.2) is 22.3 Å². The van der Waals surface area contributed by atoms with Crippen molar-refractivity contribution >= 4 is 33.1 Å². The average molecular weight is 494 g/mol. The van der Waals surface area contributed by atoms with Gasteiger partial charge in [-0.2, -0.15) is 0 Å². The van der Waals surface area contributed by atoms with Gasteiger partial charge in [0, 0.05) is 31.1 Å². The number of hydrogen-bond donors (Lipinski definition) is 1. The van der Waals surface area contributed by atoms with E-state index < -0.39 is 45.6 Å². The van der Waals surface area contributed by atoms with Crippen molar-refractivity contribution in [3.63, 3.8) is 0 Å². The normalized spacial score (nSPS) is 19.7. The van der Waals surface area contributed by atoms with Crippen LogP contribution in [0.15, 0.2) is 36.7 Å². The van der Waals surface area contributed by atoms with Crippen molar-refractivity contribution in [1.82, 2.24) is 19.9 Å². The van der Waals surface area contributed by atoms with E-state index in [4.69, 9.17) is 4.74 Å². The lowest BCUT2D eigenvalue weighted by Gasteiger charge is -2.28. The maximum atomic E-state index is 15.0. The third-order valence-electron chi connectivity index (χ3n) is 5.61. The molecule has 2 aliphatic heterocycles. The Kier molecular flexibility index (Phi) is 6.66. The molecule has 1 fully saturated rings. The Bertz CT molecular complexity index is 1220. The summed E-state index contributed by atoms with van der Waals surface area (Å²) in [6, 6.07) is 4.47. The van der Waals surface area contributed by atoms with E-state index >= 15 is 0 Å². The molecule has 11 nitrogen and oxygen atoms in total. The number of amides is 2. The highest BCUT2D eigenvalue weighted by Crippen LogP contribution is 2.30. The Hall–Kier alpha value is -3.32. The standard InChI is InChI=1S/C21H24FN5O6S/c1-34(31,32)13-19(28)20(29)25-7-4-14(5-8-25)17-3-2-15(10-18(17)22)27-12-16(33-21(27)30)11-26-9-6-23-24-26/h2-4,6,9-10,16,19,28H,5,7-8,11-13H2,1H3/t16?,19-/m0/s1. The van der Waals surface area contributed by atoms with Crippen LogP contribution in [0.25, 0.3) is 5.57 Å². The van der Waals surface area contributed by atoms with Gasteiger partial charge in [0.05, 0.1) is 30.7 Å². The Labute approximate surface area is 195 Å². The van der Waals surface area contributed by atoms with Crippen molar-refractivity contribution < 1.29 is 32.2 Å². The van der Waals surface area contributed by atoms with Crippen LogP contribution in [0.3, 0.4) is 0 Å². The molecule has 0 saturated carbocycles. The first-order chi connectivity index (χ1) is 16.1. The zero-order valence-electron chi connectivity index (χ0n) is 18.4. The molecule has 2 aliphatic rings. The largest absolute Gasteiger partial charge is 0.442 e. The summed E-state index contributed by atoms with van der Waals surface area (Å²) in [5.74, 6) is -1.84. The minimum Gasteiger partial charge on any atom is -0.442 e. The van der Waals surface area contributed by atoms with Crippen LogP contribution in [0.5, 0.6) is 0 Å². The number of aliphatic hydroxyl groups excluding tert-OH is 1. The fourth-order valence-corrected chi connectivity index (χ4v) is 4.70. The van der Waals surface area contributed by atoms with E-state index in [0.717, 1.165) is 6.26 Å². The number of sulfone groups is 1. The van der Waals surface area contributed by atoms with Crippen molar-refractivity contribution in [1.29, 1.82) is 0 Å². The molecule has 2 amide bonds. The maximum Gasteiger partial charge on any atom is 0.414 e. The number of benzene rings is 1. The topological polar surface area (TPSA) is 135 Å². The second-order valence-electron chi connectivity index (χ2n) is 8.28. The SMILES string of the molecule is CS(=O)(=O)C[C@H](O)C(=O)N1CC=C(c2ccc(N3CC(Cn4ccnn4)OC3=O)cc2F)CC1. The molecule has 2 aromatic rings. The van der Waals surface area contributed by atoms with E-state index in [1.165, 1.54) is 22.1 Å². The van der Waals surface area contributed by atoms with Crippen LogP contribution >= 0.6 is 0 Å². The van der Waals surface area contributed by atoms with Gasteiger partial charge in [0.2, 0.25) is 0 Å². The number of carbonyl (C=O) groups excluding carboxylic acids is 2. The van der Waals surface area contributed by atoms with Gasteiger partial charge in [-0.15, -0.1) is 5.10 Å². The van der Waals surface area contributed by atoms with Gasteiger partial charge in [0.15, 0.2) is 9.84 Å². The first-order valence-corrected chi connectivity index (χ1v) is 12.6. The molecule has 1 aromatic carbocycles. The van der Waals surface area contributed by atoms with Gasteiger partial charge < -0.3 is 14.7 Å². The van der Waals surface area contributed by atoms with Crippen molar-refractivity contribution in [3.8, 4) is 0 Å². The number of ether oxygens (including phenoxy) is 1. The van der Waals surface area contributed by atoms with Gasteiger partial charge in [-0.05, 0) is 30.2 Å². The molecule has 1 aromatic heterocycles. The summed E-state index contributed by atoms with van der Waals surface area (Å²) in [4.78, 5) is 27.3. The molecule has 1 unspecified atom stereocenters. The summed E-state index contributed by atoms with van der Waals surface area (Å²) in [5.41, 5.74) is 1.39. The fraction of sp³-hybridized carbons (Fsp3) is 0.429. The molecule has 0 bridgehead atoms. The van der Waals surface area contributed by atoms with E-state index in [2.05, 4.69) is 10.3 Å². The number of hydrogen-bond acceptors (Lipinski definition) is 8. The average Bonchev–Trinajstić information content (AvgIpc) is 3.41. The summed E-state index contributed by atoms with van der Waals surface area (Å²) in [5, 5.41) is 17.4. The molecule has 1 N–H and O–H groups in total. The van der Waals surface area contributed by atoms with Crippen molar-refractivity contribution in [2.45, 2.75) is 25.2 Å². The highest BCUT2D eigenvalue weighted by molar-refractivity contribution is 7.90. The Morgan fingerprint density at radius 2 is 2.18 bits per heavy atom. The van der Waals surface area contributed by atoms with Crippen molar-refractivity contribution in [3.05, 3.63) is 48.0 Å². The summed E-state index contributed by atoms with van der Waals surface area (Å²) >= 11 is 0. The molecule has 0 spiro atoms. The molecule has 182 valence electrons. The minimum absolute atomic E-state index is 0.124. The molecule has 0 aliphatic carbocycles. The summed E-state index contributed by atoms with van der Waals surface area (Å²) < 4.78 is 44.5. The van der Waals surface area contributed by atoms with Crippen LogP contribution in [-0.2, 0) is 25.9 Å². The number of halogens is 1. The predicted octanol–water partition coefficient (Wildman–Crippen LogP) is 0.464. The third-order valence-corrected chi connectivity index (χ3v) is 6.53. The molecule has 1 saturated heterocycles. The minimum atomic E-state index is -3.50. The smallest absolute Gasteiger partial charge is 0.414 e. The monoisotopic (exact) mass is 493 g/mol. The Morgan fingerprint density at radius 1 is 1.38 bits per heavy atom. The van der Waals surface area contributed by atoms with Crippen LogP contribution in [0.1, 0.15) is 12.0 Å². The highest BCUT2D eigenvalue weighted by atomic mass is 32.2.